The molecule has 94 valence electrons. The van der Waals surface area contributed by atoms with E-state index in [0.29, 0.717) is 0 Å². The molecular weight excluding hydrogens is 228 g/mol. The third-order valence-electron chi connectivity index (χ3n) is 2.68. The Hall–Kier alpha value is -0.760. The van der Waals surface area contributed by atoms with Gasteiger partial charge >= 0.3 is 0 Å². The molecule has 0 aliphatic heterocycles. The van der Waals surface area contributed by atoms with Crippen LogP contribution in [-0.4, -0.2) is 11.5 Å². The lowest BCUT2D eigenvalue weighted by Crippen LogP contribution is -2.06. The average Bonchev–Trinajstić information content (AvgIpc) is 2.34. The fourth-order valence-electron chi connectivity index (χ4n) is 1.59. The highest BCUT2D eigenvalue weighted by Gasteiger charge is 2.09. The van der Waals surface area contributed by atoms with Crippen molar-refractivity contribution in [1.29, 1.82) is 0 Å². The van der Waals surface area contributed by atoms with Crippen molar-refractivity contribution >= 4 is 17.5 Å². The summed E-state index contributed by atoms with van der Waals surface area (Å²) >= 11 is 1.88. The predicted molar refractivity (Wildman–Crippen MR) is 75.9 cm³/mol. The van der Waals surface area contributed by atoms with Crippen molar-refractivity contribution in [3.63, 3.8) is 0 Å². The number of thioether (sulfide) groups is 1. The number of rotatable bonds is 7. The molecule has 0 aliphatic carbocycles. The van der Waals surface area contributed by atoms with Crippen LogP contribution in [0.25, 0.3) is 0 Å². The van der Waals surface area contributed by atoms with Crippen LogP contribution >= 0.6 is 11.8 Å². The van der Waals surface area contributed by atoms with Gasteiger partial charge in [0.1, 0.15) is 0 Å². The van der Waals surface area contributed by atoms with Crippen LogP contribution in [0.15, 0.2) is 29.2 Å². The first-order chi connectivity index (χ1) is 8.15. The highest BCUT2D eigenvalue weighted by atomic mass is 32.2. The standard InChI is InChI=1S/C15H22OS/c1-4-5-6-11-17-14-9-7-13(8-10-14)15(16)12(2)3/h7-10,12H,4-6,11H2,1-3H3. The number of ketones is 1. The minimum absolute atomic E-state index is 0.0815. The lowest BCUT2D eigenvalue weighted by atomic mass is 10.0. The Morgan fingerprint density at radius 1 is 1.18 bits per heavy atom. The molecule has 0 aromatic heterocycles. The first kappa shape index (κ1) is 14.3. The Labute approximate surface area is 109 Å². The lowest BCUT2D eigenvalue weighted by Gasteiger charge is -2.05. The zero-order chi connectivity index (χ0) is 12.7. The maximum atomic E-state index is 11.7. The summed E-state index contributed by atoms with van der Waals surface area (Å²) in [5, 5.41) is 0. The lowest BCUT2D eigenvalue weighted by molar-refractivity contribution is 0.0939. The van der Waals surface area contributed by atoms with Crippen molar-refractivity contribution in [1.82, 2.24) is 0 Å². The fourth-order valence-corrected chi connectivity index (χ4v) is 2.50. The van der Waals surface area contributed by atoms with Crippen molar-refractivity contribution in [2.24, 2.45) is 5.92 Å². The maximum absolute atomic E-state index is 11.7. The van der Waals surface area contributed by atoms with Gasteiger partial charge in [-0.1, -0.05) is 45.7 Å². The van der Waals surface area contributed by atoms with Crippen molar-refractivity contribution < 1.29 is 4.79 Å². The zero-order valence-corrected chi connectivity index (χ0v) is 11.8. The van der Waals surface area contributed by atoms with Gasteiger partial charge in [-0.05, 0) is 24.3 Å². The Morgan fingerprint density at radius 3 is 2.35 bits per heavy atom. The van der Waals surface area contributed by atoms with Gasteiger partial charge in [0, 0.05) is 16.4 Å². The van der Waals surface area contributed by atoms with E-state index in [1.165, 1.54) is 29.9 Å². The molecule has 0 saturated carbocycles. The predicted octanol–water partition coefficient (Wildman–Crippen LogP) is 4.81. The van der Waals surface area contributed by atoms with Crippen molar-refractivity contribution in [3.8, 4) is 0 Å². The highest BCUT2D eigenvalue weighted by Crippen LogP contribution is 2.21. The summed E-state index contributed by atoms with van der Waals surface area (Å²) in [6.07, 6.45) is 3.84. The number of carbonyl (C=O) groups excluding carboxylic acids is 1. The minimum Gasteiger partial charge on any atom is -0.294 e. The first-order valence-electron chi connectivity index (χ1n) is 6.42. The van der Waals surface area contributed by atoms with Gasteiger partial charge < -0.3 is 0 Å². The minimum atomic E-state index is 0.0815. The molecular formula is C15H22OS. The molecule has 0 N–H and O–H groups in total. The van der Waals surface area contributed by atoms with Crippen LogP contribution in [0.3, 0.4) is 0 Å². The first-order valence-corrected chi connectivity index (χ1v) is 7.40. The van der Waals surface area contributed by atoms with Crippen LogP contribution in [0, 0.1) is 5.92 Å². The van der Waals surface area contributed by atoms with Crippen molar-refractivity contribution in [2.45, 2.75) is 44.9 Å². The van der Waals surface area contributed by atoms with Gasteiger partial charge in [0.2, 0.25) is 0 Å². The molecule has 0 amide bonds. The quantitative estimate of drug-likeness (QED) is 0.392. The molecule has 0 bridgehead atoms. The van der Waals surface area contributed by atoms with Crippen LogP contribution < -0.4 is 0 Å². The second-order valence-corrected chi connectivity index (χ2v) is 5.77. The van der Waals surface area contributed by atoms with Crippen LogP contribution in [0.5, 0.6) is 0 Å². The number of benzene rings is 1. The van der Waals surface area contributed by atoms with E-state index in [1.54, 1.807) is 0 Å². The molecule has 1 aromatic carbocycles. The van der Waals surface area contributed by atoms with E-state index in [2.05, 4.69) is 19.1 Å². The Bertz CT molecular complexity index is 340. The summed E-state index contributed by atoms with van der Waals surface area (Å²) in [5.74, 6) is 1.48. The molecule has 17 heavy (non-hydrogen) atoms. The molecule has 0 spiro atoms. The molecule has 0 aliphatic rings. The van der Waals surface area contributed by atoms with Gasteiger partial charge in [-0.25, -0.2) is 0 Å². The van der Waals surface area contributed by atoms with Crippen LogP contribution in [0.4, 0.5) is 0 Å². The van der Waals surface area contributed by atoms with E-state index >= 15 is 0 Å². The summed E-state index contributed by atoms with van der Waals surface area (Å²) in [4.78, 5) is 13.0. The number of carbonyl (C=O) groups is 1. The van der Waals surface area contributed by atoms with Crippen LogP contribution in [0.2, 0.25) is 0 Å². The summed E-state index contributed by atoms with van der Waals surface area (Å²) in [5.41, 5.74) is 0.831. The zero-order valence-electron chi connectivity index (χ0n) is 11.0. The number of Topliss-reactive ketones (excluding diaryl/α,β-unsaturated/α-hetero) is 1. The highest BCUT2D eigenvalue weighted by molar-refractivity contribution is 7.99. The van der Waals surface area contributed by atoms with E-state index in [1.807, 2.05) is 37.7 Å². The summed E-state index contributed by atoms with van der Waals surface area (Å²) < 4.78 is 0. The summed E-state index contributed by atoms with van der Waals surface area (Å²) in [6.45, 7) is 6.10. The van der Waals surface area contributed by atoms with Gasteiger partial charge in [0.15, 0.2) is 5.78 Å². The van der Waals surface area contributed by atoms with E-state index in [-0.39, 0.29) is 11.7 Å². The normalized spacial score (nSPS) is 10.8. The molecule has 0 saturated heterocycles. The van der Waals surface area contributed by atoms with Crippen LogP contribution in [-0.2, 0) is 0 Å². The Morgan fingerprint density at radius 2 is 1.82 bits per heavy atom. The van der Waals surface area contributed by atoms with Gasteiger partial charge in [0.25, 0.3) is 0 Å². The largest absolute Gasteiger partial charge is 0.294 e. The van der Waals surface area contributed by atoms with Gasteiger partial charge in [0.05, 0.1) is 0 Å². The van der Waals surface area contributed by atoms with Gasteiger partial charge in [-0.2, -0.15) is 0 Å². The number of hydrogen-bond acceptors (Lipinski definition) is 2. The van der Waals surface area contributed by atoms with E-state index in [4.69, 9.17) is 0 Å². The summed E-state index contributed by atoms with van der Waals surface area (Å²) in [7, 11) is 0. The smallest absolute Gasteiger partial charge is 0.165 e. The van der Waals surface area contributed by atoms with E-state index in [9.17, 15) is 4.79 Å². The summed E-state index contributed by atoms with van der Waals surface area (Å²) in [6, 6.07) is 8.02. The maximum Gasteiger partial charge on any atom is 0.165 e. The van der Waals surface area contributed by atoms with E-state index < -0.39 is 0 Å². The second kappa shape index (κ2) is 7.54. The van der Waals surface area contributed by atoms with E-state index in [0.717, 1.165) is 5.56 Å². The third-order valence-corrected chi connectivity index (χ3v) is 3.78. The van der Waals surface area contributed by atoms with Crippen molar-refractivity contribution in [3.05, 3.63) is 29.8 Å². The molecule has 0 radical (unpaired) electrons. The SMILES string of the molecule is CCCCCSc1ccc(C(=O)C(C)C)cc1. The molecule has 0 fully saturated rings. The van der Waals surface area contributed by atoms with Crippen molar-refractivity contribution in [2.75, 3.05) is 5.75 Å². The third kappa shape index (κ3) is 4.95. The molecule has 1 aromatic rings. The fraction of sp³-hybridized carbons (Fsp3) is 0.533. The Kier molecular flexibility index (Phi) is 6.35. The number of unbranched alkanes of at least 4 members (excludes halogenated alkanes) is 2. The number of hydrogen-bond donors (Lipinski definition) is 0. The molecule has 1 nitrogen and oxygen atoms in total. The topological polar surface area (TPSA) is 17.1 Å². The molecule has 0 atom stereocenters. The van der Waals surface area contributed by atoms with Crippen LogP contribution in [0.1, 0.15) is 50.4 Å². The molecule has 0 heterocycles. The second-order valence-electron chi connectivity index (χ2n) is 4.60. The molecule has 0 unspecified atom stereocenters. The monoisotopic (exact) mass is 250 g/mol. The molecule has 2 heteroatoms. The average molecular weight is 250 g/mol. The Balaban J connectivity index is 2.47. The van der Waals surface area contributed by atoms with Gasteiger partial charge in [-0.15, -0.1) is 11.8 Å². The molecule has 1 rings (SSSR count). The van der Waals surface area contributed by atoms with Gasteiger partial charge in [-0.3, -0.25) is 4.79 Å².